The molecule has 1 heterocycles. The second-order valence-electron chi connectivity index (χ2n) is 6.70. The zero-order chi connectivity index (χ0) is 16.2. The summed E-state index contributed by atoms with van der Waals surface area (Å²) in [6.07, 6.45) is -0.353. The molecule has 7 heteroatoms. The predicted octanol–water partition coefficient (Wildman–Crippen LogP) is 0.393. The summed E-state index contributed by atoms with van der Waals surface area (Å²) < 4.78 is 0. The number of hydrogen-bond acceptors (Lipinski definition) is 4. The van der Waals surface area contributed by atoms with E-state index in [0.717, 1.165) is 0 Å². The molecule has 1 saturated heterocycles. The molecule has 0 aromatic rings. The van der Waals surface area contributed by atoms with Gasteiger partial charge in [0, 0.05) is 19.4 Å². The number of nitrogens with one attached hydrogen (secondary N) is 2. The second kappa shape index (κ2) is 7.17. The van der Waals surface area contributed by atoms with Gasteiger partial charge in [-0.1, -0.05) is 33.0 Å². The number of nitrogens with zero attached hydrogens (tertiary/aromatic N) is 1. The van der Waals surface area contributed by atoms with Crippen LogP contribution >= 0.6 is 12.2 Å². The maximum Gasteiger partial charge on any atom is 0.244 e. The summed E-state index contributed by atoms with van der Waals surface area (Å²) in [4.78, 5) is 26.1. The van der Waals surface area contributed by atoms with Gasteiger partial charge in [-0.25, -0.2) is 0 Å². The highest BCUT2D eigenvalue weighted by molar-refractivity contribution is 7.78. The first kappa shape index (κ1) is 17.8. The van der Waals surface area contributed by atoms with Crippen LogP contribution in [0.4, 0.5) is 0 Å². The quantitative estimate of drug-likeness (QED) is 0.505. The first-order chi connectivity index (χ1) is 9.64. The van der Waals surface area contributed by atoms with Crippen LogP contribution in [0.3, 0.4) is 0 Å². The maximum atomic E-state index is 12.3. The number of rotatable bonds is 5. The summed E-state index contributed by atoms with van der Waals surface area (Å²) in [7, 11) is 0. The van der Waals surface area contributed by atoms with E-state index in [1.807, 2.05) is 20.8 Å². The van der Waals surface area contributed by atoms with Gasteiger partial charge in [-0.3, -0.25) is 9.59 Å². The standard InChI is InChI=1S/C14H25N3O3S/c1-9(15-8-21)16-13(20)11-5-10(18)7-17(11)12(19)6-14(2,3)4/h8-11,18H,5-7H2,1-4H3,(H,15,21)(H,16,20)/t9?,10?,11-/m0/s1. The van der Waals surface area contributed by atoms with Crippen molar-refractivity contribution in [2.24, 2.45) is 5.41 Å². The SMILES string of the molecule is CC(NC=S)NC(=O)[C@@H]1CC(O)CN1C(=O)CC(C)(C)C. The Bertz CT molecular complexity index is 409. The first-order valence-corrected chi connectivity index (χ1v) is 7.59. The molecule has 0 spiro atoms. The lowest BCUT2D eigenvalue weighted by atomic mass is 9.91. The Hall–Kier alpha value is -1.21. The summed E-state index contributed by atoms with van der Waals surface area (Å²) >= 11 is 4.67. The van der Waals surface area contributed by atoms with Gasteiger partial charge in [0.25, 0.3) is 0 Å². The van der Waals surface area contributed by atoms with E-state index in [2.05, 4.69) is 22.9 Å². The molecule has 1 fully saturated rings. The number of aliphatic hydroxyl groups is 1. The van der Waals surface area contributed by atoms with Gasteiger partial charge in [-0.2, -0.15) is 0 Å². The van der Waals surface area contributed by atoms with Crippen LogP contribution in [0.15, 0.2) is 0 Å². The number of amides is 2. The van der Waals surface area contributed by atoms with Crippen molar-refractivity contribution in [1.29, 1.82) is 0 Å². The van der Waals surface area contributed by atoms with E-state index in [0.29, 0.717) is 6.42 Å². The van der Waals surface area contributed by atoms with Crippen molar-refractivity contribution in [2.75, 3.05) is 6.54 Å². The summed E-state index contributed by atoms with van der Waals surface area (Å²) in [6.45, 7) is 7.88. The highest BCUT2D eigenvalue weighted by atomic mass is 32.1. The molecule has 0 aromatic carbocycles. The van der Waals surface area contributed by atoms with Crippen molar-refractivity contribution < 1.29 is 14.7 Å². The molecule has 0 aromatic heterocycles. The topological polar surface area (TPSA) is 81.7 Å². The molecule has 0 saturated carbocycles. The minimum Gasteiger partial charge on any atom is -0.391 e. The Morgan fingerprint density at radius 2 is 2.10 bits per heavy atom. The van der Waals surface area contributed by atoms with Gasteiger partial charge in [-0.05, 0) is 12.3 Å². The molecule has 1 aliphatic heterocycles. The Kier molecular flexibility index (Phi) is 6.10. The molecule has 0 radical (unpaired) electrons. The van der Waals surface area contributed by atoms with Crippen LogP contribution in [0.1, 0.15) is 40.5 Å². The minimum absolute atomic E-state index is 0.102. The molecule has 2 unspecified atom stereocenters. The Morgan fingerprint density at radius 3 is 2.62 bits per heavy atom. The Balaban J connectivity index is 2.72. The van der Waals surface area contributed by atoms with Gasteiger partial charge in [0.1, 0.15) is 6.04 Å². The van der Waals surface area contributed by atoms with Crippen molar-refractivity contribution in [2.45, 2.75) is 58.8 Å². The van der Waals surface area contributed by atoms with E-state index in [1.165, 1.54) is 10.4 Å². The molecule has 1 rings (SSSR count). The largest absolute Gasteiger partial charge is 0.391 e. The Labute approximate surface area is 131 Å². The van der Waals surface area contributed by atoms with Crippen LogP contribution in [0.5, 0.6) is 0 Å². The summed E-state index contributed by atoms with van der Waals surface area (Å²) in [5.74, 6) is -0.375. The van der Waals surface area contributed by atoms with Crippen molar-refractivity contribution in [3.63, 3.8) is 0 Å². The molecular weight excluding hydrogens is 290 g/mol. The lowest BCUT2D eigenvalue weighted by Crippen LogP contribution is -2.51. The van der Waals surface area contributed by atoms with Crippen molar-refractivity contribution in [3.05, 3.63) is 0 Å². The minimum atomic E-state index is -0.654. The van der Waals surface area contributed by atoms with Crippen LogP contribution in [-0.2, 0) is 9.59 Å². The average Bonchev–Trinajstić information content (AvgIpc) is 2.69. The fourth-order valence-electron chi connectivity index (χ4n) is 2.35. The van der Waals surface area contributed by atoms with Gasteiger partial charge in [-0.15, -0.1) is 0 Å². The van der Waals surface area contributed by atoms with E-state index < -0.39 is 12.1 Å². The number of carbonyl (C=O) groups is 2. The van der Waals surface area contributed by atoms with Crippen LogP contribution in [0.2, 0.25) is 0 Å². The molecular formula is C14H25N3O3S. The molecule has 120 valence electrons. The van der Waals surface area contributed by atoms with E-state index >= 15 is 0 Å². The molecule has 0 aliphatic carbocycles. The first-order valence-electron chi connectivity index (χ1n) is 7.11. The van der Waals surface area contributed by atoms with Crippen LogP contribution in [0.25, 0.3) is 0 Å². The zero-order valence-electron chi connectivity index (χ0n) is 13.0. The Morgan fingerprint density at radius 1 is 1.48 bits per heavy atom. The van der Waals surface area contributed by atoms with Gasteiger partial charge in [0.05, 0.1) is 17.8 Å². The highest BCUT2D eigenvalue weighted by Gasteiger charge is 2.39. The third-order valence-electron chi connectivity index (χ3n) is 3.26. The smallest absolute Gasteiger partial charge is 0.244 e. The fraction of sp³-hybridized carbons (Fsp3) is 0.786. The van der Waals surface area contributed by atoms with Crippen molar-refractivity contribution >= 4 is 29.5 Å². The normalized spacial score (nSPS) is 23.6. The van der Waals surface area contributed by atoms with E-state index in [-0.39, 0.29) is 36.4 Å². The zero-order valence-corrected chi connectivity index (χ0v) is 13.9. The van der Waals surface area contributed by atoms with Gasteiger partial charge >= 0.3 is 0 Å². The summed E-state index contributed by atoms with van der Waals surface area (Å²) in [5.41, 5.74) is 1.18. The second-order valence-corrected chi connectivity index (χ2v) is 6.94. The van der Waals surface area contributed by atoms with E-state index in [4.69, 9.17) is 0 Å². The molecule has 6 nitrogen and oxygen atoms in total. The average molecular weight is 315 g/mol. The van der Waals surface area contributed by atoms with Crippen LogP contribution in [0, 0.1) is 5.41 Å². The van der Waals surface area contributed by atoms with E-state index in [1.54, 1.807) is 6.92 Å². The number of β-amino-alcohol motifs (C(OH)–C–C–N with tert-alkyl or cyclic N) is 1. The monoisotopic (exact) mass is 315 g/mol. The third-order valence-corrected chi connectivity index (χ3v) is 3.40. The fourth-order valence-corrected chi connectivity index (χ4v) is 2.55. The number of carbonyl (C=O) groups excluding carboxylic acids is 2. The molecule has 21 heavy (non-hydrogen) atoms. The highest BCUT2D eigenvalue weighted by Crippen LogP contribution is 2.25. The molecule has 3 atom stereocenters. The number of likely N-dealkylation sites (tertiary alicyclic amines) is 1. The van der Waals surface area contributed by atoms with Gasteiger partial charge in [0.2, 0.25) is 11.8 Å². The lowest BCUT2D eigenvalue weighted by molar-refractivity contribution is -0.140. The van der Waals surface area contributed by atoms with Crippen LogP contribution < -0.4 is 10.6 Å². The summed E-state index contributed by atoms with van der Waals surface area (Å²) in [6, 6.07) is -0.621. The molecule has 1 aliphatic rings. The van der Waals surface area contributed by atoms with Crippen molar-refractivity contribution in [3.8, 4) is 0 Å². The number of thiocarbonyl (C=S) groups is 1. The predicted molar refractivity (Wildman–Crippen MR) is 84.6 cm³/mol. The van der Waals surface area contributed by atoms with Crippen molar-refractivity contribution in [1.82, 2.24) is 15.5 Å². The van der Waals surface area contributed by atoms with Crippen LogP contribution in [-0.4, -0.2) is 52.2 Å². The van der Waals surface area contributed by atoms with Gasteiger partial charge < -0.3 is 20.6 Å². The summed E-state index contributed by atoms with van der Waals surface area (Å²) in [5, 5.41) is 15.3. The maximum absolute atomic E-state index is 12.3. The molecule has 0 bridgehead atoms. The third kappa shape index (κ3) is 5.59. The lowest BCUT2D eigenvalue weighted by Gasteiger charge is -2.28. The van der Waals surface area contributed by atoms with E-state index in [9.17, 15) is 14.7 Å². The number of hydrogen-bond donors (Lipinski definition) is 3. The van der Waals surface area contributed by atoms with Gasteiger partial charge in [0.15, 0.2) is 0 Å². The molecule has 3 N–H and O–H groups in total. The molecule has 2 amide bonds. The number of aliphatic hydroxyl groups excluding tert-OH is 1.